The lowest BCUT2D eigenvalue weighted by Gasteiger charge is -2.25. The zero-order chi connectivity index (χ0) is 11.9. The average Bonchev–Trinajstić information content (AvgIpc) is 2.15. The minimum absolute atomic E-state index is 0.149. The molecule has 0 spiro atoms. The van der Waals surface area contributed by atoms with E-state index >= 15 is 0 Å². The Morgan fingerprint density at radius 2 is 1.94 bits per heavy atom. The molecule has 2 nitrogen and oxygen atoms in total. The molecule has 0 amide bonds. The van der Waals surface area contributed by atoms with Crippen LogP contribution in [-0.4, -0.2) is 11.6 Å². The lowest BCUT2D eigenvalue weighted by molar-refractivity contribution is -0.137. The summed E-state index contributed by atoms with van der Waals surface area (Å²) in [5.74, 6) is 4.69. The van der Waals surface area contributed by atoms with Crippen LogP contribution in [0.3, 0.4) is 0 Å². The third-order valence-corrected chi connectivity index (χ3v) is 2.64. The summed E-state index contributed by atoms with van der Waals surface area (Å²) in [4.78, 5) is 0. The van der Waals surface area contributed by atoms with Crippen LogP contribution >= 0.6 is 0 Å². The largest absolute Gasteiger partial charge is 0.416 e. The van der Waals surface area contributed by atoms with Crippen LogP contribution in [0.2, 0.25) is 0 Å². The number of benzene rings is 1. The van der Waals surface area contributed by atoms with Crippen molar-refractivity contribution in [3.05, 3.63) is 34.6 Å². The SMILES string of the molecule is NN1CCc2c(F)cc(C(F)(F)F)cc2C1. The van der Waals surface area contributed by atoms with E-state index in [-0.39, 0.29) is 6.54 Å². The van der Waals surface area contributed by atoms with Gasteiger partial charge in [0.1, 0.15) is 5.82 Å². The summed E-state index contributed by atoms with van der Waals surface area (Å²) in [5, 5.41) is 1.38. The van der Waals surface area contributed by atoms with Gasteiger partial charge >= 0.3 is 6.18 Å². The standard InChI is InChI=1S/C10H10F4N2/c11-9-4-7(10(12,13)14)3-6-5-16(15)2-1-8(6)9/h3-4H,1-2,5,15H2. The Hall–Kier alpha value is -1.14. The highest BCUT2D eigenvalue weighted by Crippen LogP contribution is 2.33. The first-order valence-corrected chi connectivity index (χ1v) is 4.76. The molecule has 0 aliphatic carbocycles. The van der Waals surface area contributed by atoms with Crippen molar-refractivity contribution in [2.45, 2.75) is 19.1 Å². The molecule has 1 heterocycles. The van der Waals surface area contributed by atoms with Crippen molar-refractivity contribution >= 4 is 0 Å². The van der Waals surface area contributed by atoms with Crippen molar-refractivity contribution in [2.24, 2.45) is 5.84 Å². The van der Waals surface area contributed by atoms with Gasteiger partial charge in [-0.25, -0.2) is 9.40 Å². The van der Waals surface area contributed by atoms with Crippen LogP contribution in [0.25, 0.3) is 0 Å². The molecule has 0 fully saturated rings. The van der Waals surface area contributed by atoms with Gasteiger partial charge in [0.05, 0.1) is 5.56 Å². The van der Waals surface area contributed by atoms with Gasteiger partial charge < -0.3 is 0 Å². The molecular formula is C10H10F4N2. The Bertz CT molecular complexity index is 414. The van der Waals surface area contributed by atoms with E-state index in [9.17, 15) is 17.6 Å². The lowest BCUT2D eigenvalue weighted by atomic mass is 9.97. The maximum absolute atomic E-state index is 13.4. The molecule has 0 saturated heterocycles. The summed E-state index contributed by atoms with van der Waals surface area (Å²) >= 11 is 0. The molecule has 0 unspecified atom stereocenters. The van der Waals surface area contributed by atoms with Crippen LogP contribution < -0.4 is 5.84 Å². The van der Waals surface area contributed by atoms with E-state index in [1.165, 1.54) is 5.01 Å². The second kappa shape index (κ2) is 3.71. The highest BCUT2D eigenvalue weighted by Gasteiger charge is 2.33. The molecule has 1 aromatic carbocycles. The zero-order valence-electron chi connectivity index (χ0n) is 8.31. The first-order valence-electron chi connectivity index (χ1n) is 4.76. The molecule has 0 bridgehead atoms. The number of alkyl halides is 3. The molecule has 88 valence electrons. The van der Waals surface area contributed by atoms with Crippen molar-refractivity contribution in [3.63, 3.8) is 0 Å². The topological polar surface area (TPSA) is 29.3 Å². The Balaban J connectivity index is 2.48. The molecule has 1 aliphatic rings. The maximum Gasteiger partial charge on any atom is 0.416 e. The molecule has 16 heavy (non-hydrogen) atoms. The summed E-state index contributed by atoms with van der Waals surface area (Å²) in [6, 6.07) is 1.52. The zero-order valence-corrected chi connectivity index (χ0v) is 8.31. The van der Waals surface area contributed by atoms with Crippen molar-refractivity contribution in [3.8, 4) is 0 Å². The van der Waals surface area contributed by atoms with Gasteiger partial charge in [-0.2, -0.15) is 13.2 Å². The number of halogens is 4. The minimum atomic E-state index is -4.52. The molecule has 6 heteroatoms. The Morgan fingerprint density at radius 3 is 2.56 bits per heavy atom. The quantitative estimate of drug-likeness (QED) is 0.550. The van der Waals surface area contributed by atoms with Gasteiger partial charge in [0.25, 0.3) is 0 Å². The molecule has 0 aromatic heterocycles. The summed E-state index contributed by atoms with van der Waals surface area (Å²) in [6.07, 6.45) is -4.18. The fourth-order valence-electron chi connectivity index (χ4n) is 1.83. The number of fused-ring (bicyclic) bond motifs is 1. The lowest BCUT2D eigenvalue weighted by Crippen LogP contribution is -2.36. The second-order valence-electron chi connectivity index (χ2n) is 3.81. The van der Waals surface area contributed by atoms with E-state index in [4.69, 9.17) is 5.84 Å². The smallest absolute Gasteiger partial charge is 0.268 e. The summed E-state index contributed by atoms with van der Waals surface area (Å²) < 4.78 is 50.7. The van der Waals surface area contributed by atoms with Crippen molar-refractivity contribution < 1.29 is 17.6 Å². The van der Waals surface area contributed by atoms with Crippen LogP contribution in [0.1, 0.15) is 16.7 Å². The maximum atomic E-state index is 13.4. The summed E-state index contributed by atoms with van der Waals surface area (Å²) in [5.41, 5.74) is -0.296. The normalized spacial score (nSPS) is 17.3. The van der Waals surface area contributed by atoms with Crippen LogP contribution in [0.5, 0.6) is 0 Å². The van der Waals surface area contributed by atoms with Crippen molar-refractivity contribution in [2.75, 3.05) is 6.54 Å². The van der Waals surface area contributed by atoms with E-state index in [2.05, 4.69) is 0 Å². The first kappa shape index (κ1) is 11.3. The first-order chi connectivity index (χ1) is 7.38. The Morgan fingerprint density at radius 1 is 1.25 bits per heavy atom. The highest BCUT2D eigenvalue weighted by atomic mass is 19.4. The third kappa shape index (κ3) is 2.03. The molecular weight excluding hydrogens is 224 g/mol. The second-order valence-corrected chi connectivity index (χ2v) is 3.81. The van der Waals surface area contributed by atoms with Gasteiger partial charge in [0, 0.05) is 13.1 Å². The molecule has 2 N–H and O–H groups in total. The van der Waals surface area contributed by atoms with Crippen molar-refractivity contribution in [1.29, 1.82) is 0 Å². The van der Waals surface area contributed by atoms with Gasteiger partial charge in [-0.1, -0.05) is 0 Å². The molecule has 1 aliphatic heterocycles. The number of nitrogens with zero attached hydrogens (tertiary/aromatic N) is 1. The number of hydrazine groups is 1. The predicted molar refractivity (Wildman–Crippen MR) is 49.7 cm³/mol. The van der Waals surface area contributed by atoms with E-state index in [1.54, 1.807) is 0 Å². The summed E-state index contributed by atoms with van der Waals surface area (Å²) in [7, 11) is 0. The molecule has 1 aromatic rings. The molecule has 0 saturated carbocycles. The number of hydrogen-bond donors (Lipinski definition) is 1. The number of nitrogens with two attached hydrogens (primary N) is 1. The predicted octanol–water partition coefficient (Wildman–Crippen LogP) is 2.08. The van der Waals surface area contributed by atoms with Crippen LogP contribution in [-0.2, 0) is 19.1 Å². The van der Waals surface area contributed by atoms with E-state index in [1.807, 2.05) is 0 Å². The van der Waals surface area contributed by atoms with Gasteiger partial charge in [-0.15, -0.1) is 0 Å². The van der Waals surface area contributed by atoms with Crippen LogP contribution in [0, 0.1) is 5.82 Å². The third-order valence-electron chi connectivity index (χ3n) is 2.64. The average molecular weight is 234 g/mol. The van der Waals surface area contributed by atoms with Gasteiger partial charge in [0.2, 0.25) is 0 Å². The molecule has 2 rings (SSSR count). The summed E-state index contributed by atoms with van der Waals surface area (Å²) in [6.45, 7) is 0.603. The van der Waals surface area contributed by atoms with Crippen molar-refractivity contribution in [1.82, 2.24) is 5.01 Å². The number of hydrogen-bond acceptors (Lipinski definition) is 2. The highest BCUT2D eigenvalue weighted by molar-refractivity contribution is 5.36. The van der Waals surface area contributed by atoms with Gasteiger partial charge in [0.15, 0.2) is 0 Å². The van der Waals surface area contributed by atoms with Gasteiger partial charge in [-0.05, 0) is 29.7 Å². The molecule has 0 radical (unpaired) electrons. The fourth-order valence-corrected chi connectivity index (χ4v) is 1.83. The Kier molecular flexibility index (Phi) is 2.63. The fraction of sp³-hybridized carbons (Fsp3) is 0.400. The minimum Gasteiger partial charge on any atom is -0.268 e. The van der Waals surface area contributed by atoms with Crippen LogP contribution in [0.15, 0.2) is 12.1 Å². The van der Waals surface area contributed by atoms with E-state index in [0.717, 1.165) is 6.07 Å². The van der Waals surface area contributed by atoms with E-state index < -0.39 is 17.6 Å². The van der Waals surface area contributed by atoms with Gasteiger partial charge in [-0.3, -0.25) is 5.84 Å². The van der Waals surface area contributed by atoms with E-state index in [0.29, 0.717) is 30.2 Å². The molecule has 0 atom stereocenters. The number of rotatable bonds is 0. The monoisotopic (exact) mass is 234 g/mol. The Labute approximate surface area is 89.6 Å². The van der Waals surface area contributed by atoms with Crippen LogP contribution in [0.4, 0.5) is 17.6 Å².